The van der Waals surface area contributed by atoms with E-state index < -0.39 is 5.69 Å². The summed E-state index contributed by atoms with van der Waals surface area (Å²) < 4.78 is 0. The highest BCUT2D eigenvalue weighted by Crippen LogP contribution is 2.22. The fourth-order valence-electron chi connectivity index (χ4n) is 2.40. The average molecular weight is 320 g/mol. The lowest BCUT2D eigenvalue weighted by Crippen LogP contribution is -2.13. The molecular weight excluding hydrogens is 304 g/mol. The summed E-state index contributed by atoms with van der Waals surface area (Å²) in [6, 6.07) is 11.2. The zero-order valence-electron chi connectivity index (χ0n) is 13.0. The van der Waals surface area contributed by atoms with Crippen LogP contribution in [0.4, 0.5) is 11.5 Å². The standard InChI is InChI=1S/C17H16N6O/c1-19-10-12(9-18)11-4-6-13(7-5-11)21-16-14-3-2-8-20-15(14)22-17(24)23-16/h2-10,12,18H,1H3,(H2,20,21,22,23,24). The van der Waals surface area contributed by atoms with Crippen molar-refractivity contribution in [1.82, 2.24) is 15.0 Å². The molecule has 0 aliphatic heterocycles. The van der Waals surface area contributed by atoms with Crippen molar-refractivity contribution in [3.05, 3.63) is 58.6 Å². The summed E-state index contributed by atoms with van der Waals surface area (Å²) in [6.07, 6.45) is 4.66. The minimum Gasteiger partial charge on any atom is -0.341 e. The molecule has 3 aromatic rings. The van der Waals surface area contributed by atoms with Crippen LogP contribution in [0.15, 0.2) is 52.4 Å². The van der Waals surface area contributed by atoms with Crippen LogP contribution in [-0.2, 0) is 0 Å². The maximum absolute atomic E-state index is 11.7. The first-order chi connectivity index (χ1) is 11.7. The van der Waals surface area contributed by atoms with Crippen molar-refractivity contribution >= 4 is 35.0 Å². The molecule has 120 valence electrons. The van der Waals surface area contributed by atoms with Gasteiger partial charge in [-0.15, -0.1) is 0 Å². The lowest BCUT2D eigenvalue weighted by Gasteiger charge is -2.11. The smallest absolute Gasteiger partial charge is 0.341 e. The van der Waals surface area contributed by atoms with Gasteiger partial charge in [0.2, 0.25) is 0 Å². The number of nitrogens with one attached hydrogen (secondary N) is 3. The quantitative estimate of drug-likeness (QED) is 0.628. The third-order valence-corrected chi connectivity index (χ3v) is 3.55. The van der Waals surface area contributed by atoms with Crippen LogP contribution in [0.25, 0.3) is 11.0 Å². The third kappa shape index (κ3) is 3.19. The molecule has 0 amide bonds. The second kappa shape index (κ2) is 6.82. The van der Waals surface area contributed by atoms with Gasteiger partial charge in [-0.3, -0.25) is 9.98 Å². The number of anilines is 2. The summed E-state index contributed by atoms with van der Waals surface area (Å²) in [7, 11) is 1.69. The summed E-state index contributed by atoms with van der Waals surface area (Å²) in [4.78, 5) is 26.3. The van der Waals surface area contributed by atoms with E-state index in [0.29, 0.717) is 11.5 Å². The zero-order chi connectivity index (χ0) is 16.9. The van der Waals surface area contributed by atoms with Crippen molar-refractivity contribution in [2.75, 3.05) is 12.4 Å². The lowest BCUT2D eigenvalue weighted by molar-refractivity contribution is 1.10. The third-order valence-electron chi connectivity index (χ3n) is 3.55. The van der Waals surface area contributed by atoms with E-state index in [1.165, 1.54) is 6.21 Å². The number of aromatic amines is 1. The first kappa shape index (κ1) is 15.5. The molecule has 1 atom stereocenters. The first-order valence-corrected chi connectivity index (χ1v) is 7.36. The Balaban J connectivity index is 1.92. The number of benzene rings is 1. The summed E-state index contributed by atoms with van der Waals surface area (Å²) in [5.41, 5.74) is 1.71. The van der Waals surface area contributed by atoms with Gasteiger partial charge in [0.05, 0.1) is 11.3 Å². The first-order valence-electron chi connectivity index (χ1n) is 7.36. The fraction of sp³-hybridized carbons (Fsp3) is 0.118. The van der Waals surface area contributed by atoms with Crippen molar-refractivity contribution in [3.8, 4) is 0 Å². The molecule has 0 bridgehead atoms. The van der Waals surface area contributed by atoms with Crippen LogP contribution < -0.4 is 11.0 Å². The molecule has 0 aliphatic rings. The normalized spacial score (nSPS) is 12.4. The van der Waals surface area contributed by atoms with Crippen LogP contribution in [0.3, 0.4) is 0 Å². The Morgan fingerprint density at radius 1 is 1.29 bits per heavy atom. The Hall–Kier alpha value is -3.35. The predicted molar refractivity (Wildman–Crippen MR) is 95.8 cm³/mol. The van der Waals surface area contributed by atoms with Crippen molar-refractivity contribution in [2.24, 2.45) is 4.99 Å². The second-order valence-corrected chi connectivity index (χ2v) is 5.14. The van der Waals surface area contributed by atoms with E-state index >= 15 is 0 Å². The number of nitrogens with zero attached hydrogens (tertiary/aromatic N) is 3. The van der Waals surface area contributed by atoms with Gasteiger partial charge in [0.25, 0.3) is 0 Å². The van der Waals surface area contributed by atoms with Gasteiger partial charge in [-0.25, -0.2) is 9.78 Å². The number of rotatable bonds is 5. The van der Waals surface area contributed by atoms with Gasteiger partial charge in [-0.2, -0.15) is 4.98 Å². The van der Waals surface area contributed by atoms with Crippen molar-refractivity contribution in [2.45, 2.75) is 5.92 Å². The van der Waals surface area contributed by atoms with E-state index in [-0.39, 0.29) is 5.92 Å². The highest BCUT2D eigenvalue weighted by Gasteiger charge is 2.08. The monoisotopic (exact) mass is 320 g/mol. The molecule has 0 fully saturated rings. The number of fused-ring (bicyclic) bond motifs is 1. The molecule has 2 aromatic heterocycles. The molecule has 2 heterocycles. The molecule has 1 aromatic carbocycles. The molecule has 3 rings (SSSR count). The van der Waals surface area contributed by atoms with E-state index in [4.69, 9.17) is 5.41 Å². The minimum absolute atomic E-state index is 0.144. The Morgan fingerprint density at radius 3 is 2.79 bits per heavy atom. The molecule has 7 heteroatoms. The van der Waals surface area contributed by atoms with E-state index in [1.54, 1.807) is 25.5 Å². The average Bonchev–Trinajstić information content (AvgIpc) is 2.60. The van der Waals surface area contributed by atoms with Crippen molar-refractivity contribution < 1.29 is 0 Å². The molecule has 0 aliphatic carbocycles. The number of aliphatic imine (C=N–C) groups is 1. The number of pyridine rings is 1. The molecule has 3 N–H and O–H groups in total. The van der Waals surface area contributed by atoms with Gasteiger partial charge in [0, 0.05) is 31.4 Å². The van der Waals surface area contributed by atoms with Gasteiger partial charge in [-0.05, 0) is 29.8 Å². The van der Waals surface area contributed by atoms with Crippen LogP contribution in [0.5, 0.6) is 0 Å². The molecular formula is C17H16N6O. The van der Waals surface area contributed by atoms with Gasteiger partial charge in [0.15, 0.2) is 5.65 Å². The van der Waals surface area contributed by atoms with Crippen LogP contribution in [0.1, 0.15) is 11.5 Å². The summed E-state index contributed by atoms with van der Waals surface area (Å²) in [5.74, 6) is 0.402. The molecule has 0 spiro atoms. The number of aromatic nitrogens is 3. The molecule has 0 saturated carbocycles. The Kier molecular flexibility index (Phi) is 4.42. The number of H-pyrrole nitrogens is 1. The van der Waals surface area contributed by atoms with E-state index in [0.717, 1.165) is 16.6 Å². The molecule has 7 nitrogen and oxygen atoms in total. The Labute approximate surface area is 138 Å². The predicted octanol–water partition coefficient (Wildman–Crippen LogP) is 2.50. The van der Waals surface area contributed by atoms with Gasteiger partial charge >= 0.3 is 5.69 Å². The molecule has 24 heavy (non-hydrogen) atoms. The molecule has 0 saturated heterocycles. The minimum atomic E-state index is -0.455. The molecule has 1 unspecified atom stereocenters. The Bertz CT molecular complexity index is 945. The van der Waals surface area contributed by atoms with Crippen LogP contribution in [-0.4, -0.2) is 34.4 Å². The molecule has 0 radical (unpaired) electrons. The van der Waals surface area contributed by atoms with Crippen LogP contribution in [0, 0.1) is 5.41 Å². The van der Waals surface area contributed by atoms with Crippen molar-refractivity contribution in [3.63, 3.8) is 0 Å². The second-order valence-electron chi connectivity index (χ2n) is 5.14. The highest BCUT2D eigenvalue weighted by atomic mass is 16.1. The summed E-state index contributed by atoms with van der Waals surface area (Å²) in [6.45, 7) is 0. The van der Waals surface area contributed by atoms with Crippen molar-refractivity contribution in [1.29, 1.82) is 5.41 Å². The van der Waals surface area contributed by atoms with Gasteiger partial charge < -0.3 is 10.7 Å². The SMILES string of the molecule is CN=CC(C=N)c1ccc(Nc2[nH]c(=O)nc3ncccc23)cc1. The topological polar surface area (TPSA) is 107 Å². The van der Waals surface area contributed by atoms with E-state index in [9.17, 15) is 4.79 Å². The number of hydrogen-bond donors (Lipinski definition) is 3. The highest BCUT2D eigenvalue weighted by molar-refractivity contribution is 5.90. The Morgan fingerprint density at radius 2 is 2.08 bits per heavy atom. The van der Waals surface area contributed by atoms with Gasteiger partial charge in [0.1, 0.15) is 5.82 Å². The van der Waals surface area contributed by atoms with Crippen LogP contribution >= 0.6 is 0 Å². The summed E-state index contributed by atoms with van der Waals surface area (Å²) >= 11 is 0. The van der Waals surface area contributed by atoms with E-state index in [1.807, 2.05) is 30.3 Å². The fourth-order valence-corrected chi connectivity index (χ4v) is 2.40. The van der Waals surface area contributed by atoms with Crippen LogP contribution in [0.2, 0.25) is 0 Å². The lowest BCUT2D eigenvalue weighted by atomic mass is 10.0. The maximum atomic E-state index is 11.7. The van der Waals surface area contributed by atoms with E-state index in [2.05, 4.69) is 25.3 Å². The maximum Gasteiger partial charge on any atom is 0.348 e. The summed E-state index contributed by atoms with van der Waals surface area (Å²) in [5, 5.41) is 11.4. The number of hydrogen-bond acceptors (Lipinski definition) is 6. The zero-order valence-corrected chi connectivity index (χ0v) is 13.0. The largest absolute Gasteiger partial charge is 0.348 e. The van der Waals surface area contributed by atoms with Gasteiger partial charge in [-0.1, -0.05) is 12.1 Å².